The van der Waals surface area contributed by atoms with Crippen molar-refractivity contribution in [3.8, 4) is 5.69 Å². The molecular formula is C25H30N4O. The standard InChI is InChI=1S/C25H30N4O/c1-4-20-7-5-8-22(17-20)27-25(30)21-12-15-28(16-13-21)24-23(9-6-14-26-24)29-18(2)10-11-19(29)3/h5-11,14,17,21H,4,12-13,15-16H2,1-3H3,(H,27,30). The van der Waals surface area contributed by atoms with Gasteiger partial charge in [-0.2, -0.15) is 0 Å². The molecule has 156 valence electrons. The van der Waals surface area contributed by atoms with Crippen LogP contribution in [0.2, 0.25) is 0 Å². The predicted molar refractivity (Wildman–Crippen MR) is 122 cm³/mol. The summed E-state index contributed by atoms with van der Waals surface area (Å²) in [7, 11) is 0. The van der Waals surface area contributed by atoms with Crippen LogP contribution in [0.25, 0.3) is 5.69 Å². The highest BCUT2D eigenvalue weighted by atomic mass is 16.1. The number of aromatic nitrogens is 2. The van der Waals surface area contributed by atoms with Gasteiger partial charge in [0.1, 0.15) is 0 Å². The minimum Gasteiger partial charge on any atom is -0.355 e. The van der Waals surface area contributed by atoms with E-state index in [2.05, 4.69) is 65.9 Å². The Kier molecular flexibility index (Phi) is 5.88. The number of piperidine rings is 1. The molecule has 1 amide bonds. The maximum absolute atomic E-state index is 12.8. The van der Waals surface area contributed by atoms with Gasteiger partial charge in [-0.05, 0) is 75.1 Å². The molecule has 1 fully saturated rings. The summed E-state index contributed by atoms with van der Waals surface area (Å²) in [6, 6.07) is 16.5. The monoisotopic (exact) mass is 402 g/mol. The van der Waals surface area contributed by atoms with Crippen LogP contribution in [0.4, 0.5) is 11.5 Å². The number of hydrogen-bond donors (Lipinski definition) is 1. The molecule has 1 saturated heterocycles. The SMILES string of the molecule is CCc1cccc(NC(=O)C2CCN(c3ncccc3-n3c(C)ccc3C)CC2)c1. The minimum absolute atomic E-state index is 0.0359. The fourth-order valence-electron chi connectivity index (χ4n) is 4.32. The molecule has 0 saturated carbocycles. The van der Waals surface area contributed by atoms with E-state index in [0.717, 1.165) is 49.5 Å². The van der Waals surface area contributed by atoms with Gasteiger partial charge in [-0.25, -0.2) is 4.98 Å². The zero-order valence-electron chi connectivity index (χ0n) is 18.1. The Balaban J connectivity index is 1.45. The fourth-order valence-corrected chi connectivity index (χ4v) is 4.32. The molecule has 30 heavy (non-hydrogen) atoms. The number of benzene rings is 1. The molecule has 0 atom stereocenters. The van der Waals surface area contributed by atoms with Gasteiger partial charge in [0.05, 0.1) is 5.69 Å². The van der Waals surface area contributed by atoms with Crippen molar-refractivity contribution in [1.29, 1.82) is 0 Å². The fraction of sp³-hybridized carbons (Fsp3) is 0.360. The largest absolute Gasteiger partial charge is 0.355 e. The molecule has 0 radical (unpaired) electrons. The number of nitrogens with zero attached hydrogens (tertiary/aromatic N) is 3. The summed E-state index contributed by atoms with van der Waals surface area (Å²) in [6.07, 6.45) is 4.49. The minimum atomic E-state index is 0.0359. The number of hydrogen-bond acceptors (Lipinski definition) is 3. The van der Waals surface area contributed by atoms with Crippen LogP contribution in [0.5, 0.6) is 0 Å². The van der Waals surface area contributed by atoms with Crippen molar-refractivity contribution in [3.05, 3.63) is 71.7 Å². The average Bonchev–Trinajstić information content (AvgIpc) is 3.11. The van der Waals surface area contributed by atoms with E-state index in [1.54, 1.807) is 0 Å². The van der Waals surface area contributed by atoms with E-state index in [1.165, 1.54) is 17.0 Å². The molecule has 1 N–H and O–H groups in total. The second-order valence-corrected chi connectivity index (χ2v) is 8.10. The van der Waals surface area contributed by atoms with Crippen molar-refractivity contribution < 1.29 is 4.79 Å². The van der Waals surface area contributed by atoms with E-state index in [4.69, 9.17) is 4.98 Å². The van der Waals surface area contributed by atoms with Gasteiger partial charge in [0.15, 0.2) is 5.82 Å². The van der Waals surface area contributed by atoms with Crippen LogP contribution in [0.3, 0.4) is 0 Å². The number of pyridine rings is 1. The molecule has 2 aromatic heterocycles. The molecule has 0 spiro atoms. The molecule has 1 aliphatic heterocycles. The summed E-state index contributed by atoms with van der Waals surface area (Å²) in [5.41, 5.74) is 5.64. The number of aryl methyl sites for hydroxylation is 3. The molecule has 3 aromatic rings. The summed E-state index contributed by atoms with van der Waals surface area (Å²) >= 11 is 0. The molecule has 1 aromatic carbocycles. The number of carbonyl (C=O) groups excluding carboxylic acids is 1. The van der Waals surface area contributed by atoms with Crippen molar-refractivity contribution >= 4 is 17.4 Å². The zero-order chi connectivity index (χ0) is 21.1. The first kappa shape index (κ1) is 20.2. The normalized spacial score (nSPS) is 14.7. The third-order valence-electron chi connectivity index (χ3n) is 6.05. The Morgan fingerprint density at radius 1 is 1.07 bits per heavy atom. The van der Waals surface area contributed by atoms with Crippen molar-refractivity contribution in [3.63, 3.8) is 0 Å². The van der Waals surface area contributed by atoms with Gasteiger partial charge in [0.25, 0.3) is 0 Å². The van der Waals surface area contributed by atoms with Crippen molar-refractivity contribution in [2.75, 3.05) is 23.3 Å². The van der Waals surface area contributed by atoms with Crippen LogP contribution >= 0.6 is 0 Å². The first-order chi connectivity index (χ1) is 14.6. The molecule has 0 aliphatic carbocycles. The average molecular weight is 403 g/mol. The van der Waals surface area contributed by atoms with Gasteiger partial charge in [-0.15, -0.1) is 0 Å². The Morgan fingerprint density at radius 2 is 1.80 bits per heavy atom. The quantitative estimate of drug-likeness (QED) is 0.660. The third kappa shape index (κ3) is 4.11. The van der Waals surface area contributed by atoms with E-state index in [0.29, 0.717) is 0 Å². The van der Waals surface area contributed by atoms with Crippen molar-refractivity contribution in [2.24, 2.45) is 5.92 Å². The Hall–Kier alpha value is -3.08. The van der Waals surface area contributed by atoms with Gasteiger partial charge >= 0.3 is 0 Å². The van der Waals surface area contributed by atoms with E-state index in [-0.39, 0.29) is 11.8 Å². The van der Waals surface area contributed by atoms with Crippen LogP contribution in [0.15, 0.2) is 54.7 Å². The smallest absolute Gasteiger partial charge is 0.227 e. The lowest BCUT2D eigenvalue weighted by atomic mass is 9.95. The first-order valence-corrected chi connectivity index (χ1v) is 10.8. The second-order valence-electron chi connectivity index (χ2n) is 8.10. The molecule has 5 nitrogen and oxygen atoms in total. The van der Waals surface area contributed by atoms with E-state index < -0.39 is 0 Å². The molecule has 4 rings (SSSR count). The van der Waals surface area contributed by atoms with Crippen molar-refractivity contribution in [2.45, 2.75) is 40.0 Å². The first-order valence-electron chi connectivity index (χ1n) is 10.8. The van der Waals surface area contributed by atoms with Crippen LogP contribution in [-0.4, -0.2) is 28.5 Å². The number of nitrogens with one attached hydrogen (secondary N) is 1. The van der Waals surface area contributed by atoms with Gasteiger partial charge in [0, 0.05) is 42.3 Å². The third-order valence-corrected chi connectivity index (χ3v) is 6.05. The van der Waals surface area contributed by atoms with Crippen LogP contribution < -0.4 is 10.2 Å². The lowest BCUT2D eigenvalue weighted by molar-refractivity contribution is -0.120. The van der Waals surface area contributed by atoms with Gasteiger partial charge < -0.3 is 14.8 Å². The molecule has 0 bridgehead atoms. The predicted octanol–water partition coefficient (Wildman–Crippen LogP) is 4.91. The molecule has 5 heteroatoms. The summed E-state index contributed by atoms with van der Waals surface area (Å²) in [5.74, 6) is 1.16. The summed E-state index contributed by atoms with van der Waals surface area (Å²) in [5, 5.41) is 3.11. The number of amides is 1. The summed E-state index contributed by atoms with van der Waals surface area (Å²) < 4.78 is 2.25. The lowest BCUT2D eigenvalue weighted by Gasteiger charge is -2.33. The van der Waals surface area contributed by atoms with E-state index in [9.17, 15) is 4.79 Å². The highest BCUT2D eigenvalue weighted by Gasteiger charge is 2.27. The zero-order valence-corrected chi connectivity index (χ0v) is 18.1. The summed E-state index contributed by atoms with van der Waals surface area (Å²) in [6.45, 7) is 8.02. The molecular weight excluding hydrogens is 372 g/mol. The number of carbonyl (C=O) groups is 1. The highest BCUT2D eigenvalue weighted by Crippen LogP contribution is 2.29. The molecule has 0 unspecified atom stereocenters. The van der Waals surface area contributed by atoms with Crippen LogP contribution in [0.1, 0.15) is 36.7 Å². The van der Waals surface area contributed by atoms with E-state index in [1.807, 2.05) is 24.4 Å². The lowest BCUT2D eigenvalue weighted by Crippen LogP contribution is -2.39. The Labute approximate surface area is 178 Å². The van der Waals surface area contributed by atoms with Gasteiger partial charge in [-0.1, -0.05) is 19.1 Å². The maximum Gasteiger partial charge on any atom is 0.227 e. The van der Waals surface area contributed by atoms with Gasteiger partial charge in [-0.3, -0.25) is 4.79 Å². The number of rotatable bonds is 5. The van der Waals surface area contributed by atoms with Crippen LogP contribution in [0, 0.1) is 19.8 Å². The Bertz CT molecular complexity index is 1010. The number of anilines is 2. The second kappa shape index (κ2) is 8.74. The molecule has 1 aliphatic rings. The summed E-state index contributed by atoms with van der Waals surface area (Å²) in [4.78, 5) is 19.8. The van der Waals surface area contributed by atoms with Gasteiger partial charge in [0.2, 0.25) is 5.91 Å². The highest BCUT2D eigenvalue weighted by molar-refractivity contribution is 5.92. The molecule has 3 heterocycles. The van der Waals surface area contributed by atoms with Crippen molar-refractivity contribution in [1.82, 2.24) is 9.55 Å². The van der Waals surface area contributed by atoms with Crippen LogP contribution in [-0.2, 0) is 11.2 Å². The Morgan fingerprint density at radius 3 is 2.50 bits per heavy atom. The topological polar surface area (TPSA) is 50.2 Å². The maximum atomic E-state index is 12.8. The van der Waals surface area contributed by atoms with E-state index >= 15 is 0 Å².